The Balaban J connectivity index is 1.68. The molecule has 25 heavy (non-hydrogen) atoms. The molecule has 0 aliphatic carbocycles. The zero-order valence-electron chi connectivity index (χ0n) is 14.6. The van der Waals surface area contributed by atoms with Gasteiger partial charge in [-0.3, -0.25) is 4.90 Å². The van der Waals surface area contributed by atoms with E-state index >= 15 is 0 Å². The van der Waals surface area contributed by atoms with Crippen molar-refractivity contribution in [1.29, 1.82) is 0 Å². The third-order valence-electron chi connectivity index (χ3n) is 5.88. The average Bonchev–Trinajstić information content (AvgIpc) is 3.31. The van der Waals surface area contributed by atoms with Gasteiger partial charge in [0.05, 0.1) is 29.3 Å². The van der Waals surface area contributed by atoms with E-state index in [2.05, 4.69) is 22.0 Å². The topological polar surface area (TPSA) is 77.4 Å². The predicted molar refractivity (Wildman–Crippen MR) is 96.9 cm³/mol. The highest BCUT2D eigenvalue weighted by atomic mass is 35.5. The normalized spacial score (nSPS) is 20.6. The van der Waals surface area contributed by atoms with Crippen LogP contribution in [0.3, 0.4) is 0 Å². The minimum absolute atomic E-state index is 0.173. The van der Waals surface area contributed by atoms with Crippen molar-refractivity contribution in [2.75, 3.05) is 25.9 Å². The van der Waals surface area contributed by atoms with Crippen LogP contribution in [-0.4, -0.2) is 40.8 Å². The molecule has 3 heterocycles. The summed E-state index contributed by atoms with van der Waals surface area (Å²) in [5.41, 5.74) is 7.18. The number of nitrogen functional groups attached to an aromatic ring is 1. The Hall–Kier alpha value is -1.79. The third kappa shape index (κ3) is 2.59. The van der Waals surface area contributed by atoms with Gasteiger partial charge in [0.1, 0.15) is 5.75 Å². The first-order valence-electron chi connectivity index (χ1n) is 8.77. The van der Waals surface area contributed by atoms with Crippen LogP contribution in [0.4, 0.5) is 5.69 Å². The maximum Gasteiger partial charge on any atom is 0.231 e. The highest BCUT2D eigenvalue weighted by molar-refractivity contribution is 6.33. The van der Waals surface area contributed by atoms with Gasteiger partial charge in [-0.25, -0.2) is 0 Å². The third-order valence-corrected chi connectivity index (χ3v) is 6.21. The van der Waals surface area contributed by atoms with Crippen molar-refractivity contribution in [2.45, 2.75) is 44.1 Å². The lowest BCUT2D eigenvalue weighted by Crippen LogP contribution is -2.42. The fourth-order valence-electron chi connectivity index (χ4n) is 4.52. The van der Waals surface area contributed by atoms with E-state index in [1.807, 2.05) is 0 Å². The second kappa shape index (κ2) is 6.18. The summed E-state index contributed by atoms with van der Waals surface area (Å²) in [6, 6.07) is 3.41. The number of nitrogens with two attached hydrogens (primary N) is 1. The number of nitrogens with zero attached hydrogens (tertiary/aromatic N) is 3. The molecule has 0 bridgehead atoms. The van der Waals surface area contributed by atoms with E-state index in [1.54, 1.807) is 19.2 Å². The summed E-state index contributed by atoms with van der Waals surface area (Å²) in [6.45, 7) is 4.55. The lowest BCUT2D eigenvalue weighted by Gasteiger charge is -2.36. The molecule has 1 atom stereocenters. The van der Waals surface area contributed by atoms with Gasteiger partial charge in [-0.15, -0.1) is 0 Å². The van der Waals surface area contributed by atoms with Crippen LogP contribution >= 0.6 is 11.6 Å². The number of fused-ring (bicyclic) bond motifs is 1. The number of hydrogen-bond acceptors (Lipinski definition) is 6. The molecular formula is C18H23ClN4O2. The van der Waals surface area contributed by atoms with Crippen LogP contribution in [0.15, 0.2) is 16.7 Å². The Kier molecular flexibility index (Phi) is 4.12. The van der Waals surface area contributed by atoms with Gasteiger partial charge in [0.25, 0.3) is 0 Å². The molecule has 6 nitrogen and oxygen atoms in total. The molecule has 2 aliphatic rings. The molecule has 2 saturated heterocycles. The summed E-state index contributed by atoms with van der Waals surface area (Å²) in [4.78, 5) is 7.28. The number of benzene rings is 1. The molecule has 0 saturated carbocycles. The molecule has 134 valence electrons. The predicted octanol–water partition coefficient (Wildman–Crippen LogP) is 3.71. The van der Waals surface area contributed by atoms with Crippen LogP contribution in [-0.2, 0) is 0 Å². The molecule has 2 N–H and O–H groups in total. The van der Waals surface area contributed by atoms with Crippen molar-refractivity contribution in [2.24, 2.45) is 0 Å². The minimum atomic E-state index is 0.173. The van der Waals surface area contributed by atoms with Crippen LogP contribution in [0.2, 0.25) is 5.02 Å². The molecule has 0 amide bonds. The van der Waals surface area contributed by atoms with Crippen molar-refractivity contribution in [3.8, 4) is 17.1 Å². The van der Waals surface area contributed by atoms with Crippen molar-refractivity contribution in [3.05, 3.63) is 23.0 Å². The minimum Gasteiger partial charge on any atom is -0.496 e. The number of anilines is 1. The number of aromatic nitrogens is 2. The fraction of sp³-hybridized carbons (Fsp3) is 0.556. The summed E-state index contributed by atoms with van der Waals surface area (Å²) >= 11 is 6.16. The summed E-state index contributed by atoms with van der Waals surface area (Å²) in [5.74, 6) is 1.95. The average molecular weight is 363 g/mol. The van der Waals surface area contributed by atoms with Crippen LogP contribution in [0, 0.1) is 0 Å². The zero-order chi connectivity index (χ0) is 17.6. The zero-order valence-corrected chi connectivity index (χ0v) is 15.3. The van der Waals surface area contributed by atoms with Crippen molar-refractivity contribution in [3.63, 3.8) is 0 Å². The number of hydrogen-bond donors (Lipinski definition) is 1. The molecule has 2 fully saturated rings. The Morgan fingerprint density at radius 1 is 1.32 bits per heavy atom. The number of rotatable bonds is 4. The molecule has 2 aromatic rings. The van der Waals surface area contributed by atoms with Gasteiger partial charge < -0.3 is 15.0 Å². The van der Waals surface area contributed by atoms with Crippen LogP contribution in [0.1, 0.15) is 44.4 Å². The second-order valence-corrected chi connectivity index (χ2v) is 7.46. The Morgan fingerprint density at radius 2 is 2.04 bits per heavy atom. The molecule has 1 aromatic carbocycles. The molecular weight excluding hydrogens is 340 g/mol. The Bertz CT molecular complexity index is 781. The maximum absolute atomic E-state index is 6.16. The van der Waals surface area contributed by atoms with Crippen molar-refractivity contribution in [1.82, 2.24) is 15.0 Å². The van der Waals surface area contributed by atoms with Gasteiger partial charge in [0.2, 0.25) is 11.7 Å². The van der Waals surface area contributed by atoms with E-state index in [0.29, 0.717) is 33.7 Å². The van der Waals surface area contributed by atoms with Crippen molar-refractivity contribution >= 4 is 17.3 Å². The first kappa shape index (κ1) is 16.7. The molecule has 7 heteroatoms. The second-order valence-electron chi connectivity index (χ2n) is 7.05. The fourth-order valence-corrected chi connectivity index (χ4v) is 4.68. The van der Waals surface area contributed by atoms with Crippen LogP contribution < -0.4 is 10.5 Å². The maximum atomic E-state index is 6.16. The van der Waals surface area contributed by atoms with E-state index < -0.39 is 0 Å². The van der Waals surface area contributed by atoms with E-state index in [9.17, 15) is 0 Å². The molecule has 0 spiro atoms. The quantitative estimate of drug-likeness (QED) is 0.835. The molecule has 2 aliphatic heterocycles. The molecule has 0 radical (unpaired) electrons. The first-order valence-corrected chi connectivity index (χ1v) is 9.15. The van der Waals surface area contributed by atoms with E-state index in [0.717, 1.165) is 0 Å². The molecule has 1 unspecified atom stereocenters. The molecule has 4 rings (SSSR count). The SMILES string of the molecule is COc1cc(N)c(Cl)cc1-c1noc(C(C)C23CCCN2CCC3)n1. The van der Waals surface area contributed by atoms with Gasteiger partial charge in [-0.2, -0.15) is 4.98 Å². The standard InChI is InChI=1S/C18H23ClN4O2/c1-11(18-5-3-7-23(18)8-4-6-18)17-21-16(22-25-17)12-9-13(19)14(20)10-15(12)24-2/h9-11H,3-8,20H2,1-2H3. The Labute approximate surface area is 152 Å². The molecule has 1 aromatic heterocycles. The van der Waals surface area contributed by atoms with Gasteiger partial charge in [0.15, 0.2) is 0 Å². The van der Waals surface area contributed by atoms with E-state index in [4.69, 9.17) is 26.6 Å². The van der Waals surface area contributed by atoms with Gasteiger partial charge >= 0.3 is 0 Å². The summed E-state index contributed by atoms with van der Waals surface area (Å²) in [7, 11) is 1.59. The largest absolute Gasteiger partial charge is 0.496 e. The van der Waals surface area contributed by atoms with Gasteiger partial charge in [0, 0.05) is 11.6 Å². The van der Waals surface area contributed by atoms with Crippen LogP contribution in [0.25, 0.3) is 11.4 Å². The monoisotopic (exact) mass is 362 g/mol. The van der Waals surface area contributed by atoms with Crippen molar-refractivity contribution < 1.29 is 9.26 Å². The van der Waals surface area contributed by atoms with Gasteiger partial charge in [-0.05, 0) is 44.8 Å². The highest BCUT2D eigenvalue weighted by Crippen LogP contribution is 2.48. The summed E-state index contributed by atoms with van der Waals surface area (Å²) in [6.07, 6.45) is 4.88. The number of halogens is 1. The van der Waals surface area contributed by atoms with E-state index in [1.165, 1.54) is 38.8 Å². The summed E-state index contributed by atoms with van der Waals surface area (Å²) in [5, 5.41) is 4.64. The van der Waals surface area contributed by atoms with E-state index in [-0.39, 0.29) is 11.5 Å². The number of methoxy groups -OCH3 is 1. The summed E-state index contributed by atoms with van der Waals surface area (Å²) < 4.78 is 11.1. The smallest absolute Gasteiger partial charge is 0.231 e. The number of ether oxygens (including phenoxy) is 1. The Morgan fingerprint density at radius 3 is 2.72 bits per heavy atom. The van der Waals surface area contributed by atoms with Gasteiger partial charge in [-0.1, -0.05) is 23.7 Å². The lowest BCUT2D eigenvalue weighted by atomic mass is 9.81. The first-order chi connectivity index (χ1) is 12.0. The highest BCUT2D eigenvalue weighted by Gasteiger charge is 2.50. The van der Waals surface area contributed by atoms with Crippen LogP contribution in [0.5, 0.6) is 5.75 Å². The lowest BCUT2D eigenvalue weighted by molar-refractivity contribution is 0.144.